The molecular formula is C22H30ClN7O6S. The topological polar surface area (TPSA) is 179 Å². The van der Waals surface area contributed by atoms with Gasteiger partial charge in [0.25, 0.3) is 11.8 Å². The van der Waals surface area contributed by atoms with Crippen LogP contribution in [0.3, 0.4) is 0 Å². The lowest BCUT2D eigenvalue weighted by Crippen LogP contribution is -2.55. The molecule has 2 aromatic heterocycles. The van der Waals surface area contributed by atoms with Crippen molar-refractivity contribution < 1.29 is 29.0 Å². The van der Waals surface area contributed by atoms with E-state index in [1.807, 2.05) is 18.7 Å². The Morgan fingerprint density at radius 2 is 1.92 bits per heavy atom. The van der Waals surface area contributed by atoms with Crippen molar-refractivity contribution in [2.45, 2.75) is 45.8 Å². The van der Waals surface area contributed by atoms with E-state index in [2.05, 4.69) is 30.9 Å². The van der Waals surface area contributed by atoms with E-state index < -0.39 is 23.9 Å². The van der Waals surface area contributed by atoms with Gasteiger partial charge in [0.2, 0.25) is 5.91 Å². The Kier molecular flexibility index (Phi) is 9.83. The third-order valence-electron chi connectivity index (χ3n) is 5.63. The highest BCUT2D eigenvalue weighted by Gasteiger charge is 2.34. The maximum Gasteiger partial charge on any atom is 0.348 e. The van der Waals surface area contributed by atoms with E-state index in [9.17, 15) is 24.3 Å². The molecule has 1 aliphatic heterocycles. The summed E-state index contributed by atoms with van der Waals surface area (Å²) in [5.41, 5.74) is 0.482. The van der Waals surface area contributed by atoms with Crippen LogP contribution in [-0.4, -0.2) is 88.7 Å². The molecule has 3 heterocycles. The molecule has 0 spiro atoms. The Labute approximate surface area is 222 Å². The number of thiazole rings is 1. The molecule has 5 N–H and O–H groups in total. The predicted molar refractivity (Wildman–Crippen MR) is 137 cm³/mol. The summed E-state index contributed by atoms with van der Waals surface area (Å²) in [6.45, 7) is 6.61. The molecule has 1 fully saturated rings. The molecule has 2 unspecified atom stereocenters. The smallest absolute Gasteiger partial charge is 0.348 e. The second-order valence-corrected chi connectivity index (χ2v) is 9.57. The number of aryl methyl sites for hydroxylation is 1. The SMILES string of the molecule is CCOC1CN(c2nc(C(=O)NCCNC(C)=O)c(C(=O)O)s2)CCC1NC(=O)c1nc(Cl)c(CC)[nH]1. The monoisotopic (exact) mass is 555 g/mol. The average molecular weight is 556 g/mol. The first-order chi connectivity index (χ1) is 17.6. The Hall–Kier alpha value is -3.23. The number of imidazole rings is 1. The molecule has 0 aliphatic carbocycles. The zero-order valence-electron chi connectivity index (χ0n) is 20.7. The van der Waals surface area contributed by atoms with Gasteiger partial charge in [0.15, 0.2) is 21.8 Å². The number of hydrogen-bond donors (Lipinski definition) is 5. The molecule has 0 radical (unpaired) electrons. The molecule has 1 aliphatic rings. The maximum atomic E-state index is 12.8. The minimum absolute atomic E-state index is 0.125. The van der Waals surface area contributed by atoms with Crippen LogP contribution in [-0.2, 0) is 16.0 Å². The van der Waals surface area contributed by atoms with Gasteiger partial charge in [-0.15, -0.1) is 0 Å². The van der Waals surface area contributed by atoms with E-state index in [0.29, 0.717) is 43.4 Å². The average Bonchev–Trinajstić information content (AvgIpc) is 3.47. The number of nitrogens with zero attached hydrogens (tertiary/aromatic N) is 3. The predicted octanol–water partition coefficient (Wildman–Crippen LogP) is 1.06. The first-order valence-electron chi connectivity index (χ1n) is 11.8. The highest BCUT2D eigenvalue weighted by atomic mass is 35.5. The minimum atomic E-state index is -1.26. The van der Waals surface area contributed by atoms with Crippen molar-refractivity contribution >= 4 is 51.8 Å². The molecule has 3 rings (SSSR count). The van der Waals surface area contributed by atoms with Crippen molar-refractivity contribution in [1.29, 1.82) is 0 Å². The number of anilines is 1. The number of carboxylic acid groups (broad SMARTS) is 1. The number of piperidine rings is 1. The number of aromatic nitrogens is 3. The minimum Gasteiger partial charge on any atom is -0.477 e. The van der Waals surface area contributed by atoms with Crippen molar-refractivity contribution in [2.24, 2.45) is 0 Å². The summed E-state index contributed by atoms with van der Waals surface area (Å²) in [6.07, 6.45) is 0.692. The van der Waals surface area contributed by atoms with Gasteiger partial charge in [0, 0.05) is 39.7 Å². The lowest BCUT2D eigenvalue weighted by atomic mass is 10.0. The number of aromatic amines is 1. The largest absolute Gasteiger partial charge is 0.477 e. The van der Waals surface area contributed by atoms with Crippen LogP contribution in [0, 0.1) is 0 Å². The first-order valence-corrected chi connectivity index (χ1v) is 13.0. The number of halogens is 1. The van der Waals surface area contributed by atoms with Gasteiger partial charge in [-0.2, -0.15) is 0 Å². The number of carbonyl (C=O) groups is 4. The van der Waals surface area contributed by atoms with Crippen molar-refractivity contribution in [1.82, 2.24) is 30.9 Å². The van der Waals surface area contributed by atoms with E-state index in [1.165, 1.54) is 6.92 Å². The van der Waals surface area contributed by atoms with Crippen LogP contribution < -0.4 is 20.9 Å². The van der Waals surface area contributed by atoms with E-state index in [1.54, 1.807) is 0 Å². The lowest BCUT2D eigenvalue weighted by Gasteiger charge is -2.38. The molecular weight excluding hydrogens is 526 g/mol. The number of H-pyrrole nitrogens is 1. The fraction of sp³-hybridized carbons (Fsp3) is 0.545. The summed E-state index contributed by atoms with van der Waals surface area (Å²) in [5, 5.41) is 18.3. The number of nitrogens with one attached hydrogen (secondary N) is 4. The molecule has 0 saturated carbocycles. The van der Waals surface area contributed by atoms with Gasteiger partial charge in [0.05, 0.1) is 17.8 Å². The Bertz CT molecular complexity index is 1150. The van der Waals surface area contributed by atoms with Crippen molar-refractivity contribution in [3.63, 3.8) is 0 Å². The fourth-order valence-electron chi connectivity index (χ4n) is 3.85. The number of rotatable bonds is 11. The third-order valence-corrected chi connectivity index (χ3v) is 7.05. The van der Waals surface area contributed by atoms with Gasteiger partial charge in [-0.05, 0) is 19.8 Å². The molecule has 15 heteroatoms. The van der Waals surface area contributed by atoms with Crippen LogP contribution in [0.1, 0.15) is 63.7 Å². The molecule has 37 heavy (non-hydrogen) atoms. The number of carbonyl (C=O) groups excluding carboxylic acids is 3. The van der Waals surface area contributed by atoms with Gasteiger partial charge < -0.3 is 35.7 Å². The number of aromatic carboxylic acids is 1. The summed E-state index contributed by atoms with van der Waals surface area (Å²) >= 11 is 6.96. The molecule has 0 bridgehead atoms. The van der Waals surface area contributed by atoms with E-state index >= 15 is 0 Å². The zero-order valence-corrected chi connectivity index (χ0v) is 22.3. The molecule has 3 amide bonds. The van der Waals surface area contributed by atoms with Gasteiger partial charge in [-0.3, -0.25) is 14.4 Å². The molecule has 2 atom stereocenters. The standard InChI is InChI=1S/C22H30ClN7O6S/c1-4-12-17(23)29-18(26-12)20(33)27-13-6-9-30(10-14(13)36-5-2)22-28-15(16(37-22)21(34)35)19(32)25-8-7-24-11(3)31/h13-14H,4-10H2,1-3H3,(H,24,31)(H,25,32)(H,26,29)(H,27,33)(H,34,35). The normalized spacial score (nSPS) is 17.4. The summed E-state index contributed by atoms with van der Waals surface area (Å²) in [7, 11) is 0. The van der Waals surface area contributed by atoms with Crippen molar-refractivity contribution in [3.05, 3.63) is 27.2 Å². The molecule has 0 aromatic carbocycles. The van der Waals surface area contributed by atoms with Gasteiger partial charge in [0.1, 0.15) is 4.88 Å². The number of amides is 3. The van der Waals surface area contributed by atoms with Crippen LogP contribution in [0.25, 0.3) is 0 Å². The van der Waals surface area contributed by atoms with E-state index in [4.69, 9.17) is 16.3 Å². The van der Waals surface area contributed by atoms with Gasteiger partial charge in [-0.25, -0.2) is 14.8 Å². The van der Waals surface area contributed by atoms with Crippen molar-refractivity contribution in [3.8, 4) is 0 Å². The summed E-state index contributed by atoms with van der Waals surface area (Å²) in [4.78, 5) is 61.1. The highest BCUT2D eigenvalue weighted by Crippen LogP contribution is 2.30. The van der Waals surface area contributed by atoms with Crippen LogP contribution in [0.5, 0.6) is 0 Å². The number of carboxylic acids is 1. The second-order valence-electron chi connectivity index (χ2n) is 8.23. The fourth-order valence-corrected chi connectivity index (χ4v) is 5.05. The van der Waals surface area contributed by atoms with E-state index in [0.717, 1.165) is 11.3 Å². The quantitative estimate of drug-likeness (QED) is 0.253. The number of hydrogen-bond acceptors (Lipinski definition) is 9. The first kappa shape index (κ1) is 28.3. The molecule has 13 nitrogen and oxygen atoms in total. The molecule has 2 aromatic rings. The van der Waals surface area contributed by atoms with Crippen molar-refractivity contribution in [2.75, 3.05) is 37.7 Å². The summed E-state index contributed by atoms with van der Waals surface area (Å²) in [5.74, 6) is -2.41. The number of ether oxygens (including phenoxy) is 1. The zero-order chi connectivity index (χ0) is 27.1. The summed E-state index contributed by atoms with van der Waals surface area (Å²) in [6, 6.07) is -0.326. The van der Waals surface area contributed by atoms with Gasteiger partial charge >= 0.3 is 5.97 Å². The highest BCUT2D eigenvalue weighted by molar-refractivity contribution is 7.17. The maximum absolute atomic E-state index is 12.8. The molecule has 202 valence electrons. The van der Waals surface area contributed by atoms with Crippen LogP contribution >= 0.6 is 22.9 Å². The third kappa shape index (κ3) is 7.17. The Morgan fingerprint density at radius 3 is 2.54 bits per heavy atom. The Balaban J connectivity index is 1.70. The lowest BCUT2D eigenvalue weighted by molar-refractivity contribution is -0.118. The summed E-state index contributed by atoms with van der Waals surface area (Å²) < 4.78 is 5.88. The van der Waals surface area contributed by atoms with Crippen LogP contribution in [0.2, 0.25) is 5.15 Å². The Morgan fingerprint density at radius 1 is 1.19 bits per heavy atom. The van der Waals surface area contributed by atoms with Gasteiger partial charge in [-0.1, -0.05) is 29.9 Å². The van der Waals surface area contributed by atoms with Crippen LogP contribution in [0.15, 0.2) is 0 Å². The second kappa shape index (κ2) is 12.8. The molecule has 1 saturated heterocycles. The van der Waals surface area contributed by atoms with E-state index in [-0.39, 0.29) is 46.6 Å². The van der Waals surface area contributed by atoms with Crippen LogP contribution in [0.4, 0.5) is 5.13 Å².